The van der Waals surface area contributed by atoms with Crippen molar-refractivity contribution in [3.05, 3.63) is 89.0 Å². The fraction of sp³-hybridized carbons (Fsp3) is 0.308. The number of hydrogen-bond donors (Lipinski definition) is 3. The lowest BCUT2D eigenvalue weighted by atomic mass is 9.78. The van der Waals surface area contributed by atoms with Crippen LogP contribution >= 0.6 is 0 Å². The van der Waals surface area contributed by atoms with Gasteiger partial charge in [-0.2, -0.15) is 0 Å². The Kier molecular flexibility index (Phi) is 4.58. The number of aliphatic hydroxyl groups is 3. The second-order valence-electron chi connectivity index (χ2n) is 9.26. The van der Waals surface area contributed by atoms with E-state index in [1.54, 1.807) is 34.6 Å². The van der Waals surface area contributed by atoms with Gasteiger partial charge in [0.15, 0.2) is 0 Å². The summed E-state index contributed by atoms with van der Waals surface area (Å²) in [6, 6.07) is 21.1. The molecule has 0 bridgehead atoms. The molecule has 30 heavy (non-hydrogen) atoms. The normalized spacial score (nSPS) is 18.7. The van der Waals surface area contributed by atoms with Gasteiger partial charge in [0.1, 0.15) is 5.60 Å². The summed E-state index contributed by atoms with van der Waals surface area (Å²) in [4.78, 5) is 2.06. The van der Waals surface area contributed by atoms with Crippen LogP contribution in [0.2, 0.25) is 0 Å². The second kappa shape index (κ2) is 6.67. The predicted octanol–water partition coefficient (Wildman–Crippen LogP) is 5.18. The van der Waals surface area contributed by atoms with Crippen LogP contribution in [0.3, 0.4) is 0 Å². The van der Waals surface area contributed by atoms with Gasteiger partial charge in [-0.1, -0.05) is 54.6 Å². The summed E-state index contributed by atoms with van der Waals surface area (Å²) < 4.78 is 0. The maximum Gasteiger partial charge on any atom is 0.116 e. The van der Waals surface area contributed by atoms with E-state index in [0.29, 0.717) is 11.1 Å². The molecule has 1 aliphatic rings. The van der Waals surface area contributed by atoms with E-state index < -0.39 is 16.8 Å². The van der Waals surface area contributed by atoms with Gasteiger partial charge >= 0.3 is 0 Å². The second-order valence-corrected chi connectivity index (χ2v) is 9.26. The highest BCUT2D eigenvalue weighted by Gasteiger charge is 2.42. The first kappa shape index (κ1) is 20.6. The van der Waals surface area contributed by atoms with Crippen LogP contribution in [0.15, 0.2) is 66.7 Å². The summed E-state index contributed by atoms with van der Waals surface area (Å²) in [7, 11) is 0. The molecule has 1 atom stereocenters. The molecule has 1 unspecified atom stereocenters. The summed E-state index contributed by atoms with van der Waals surface area (Å²) in [6.07, 6.45) is 0. The van der Waals surface area contributed by atoms with Crippen molar-refractivity contribution in [2.24, 2.45) is 0 Å². The lowest BCUT2D eigenvalue weighted by Crippen LogP contribution is -2.36. The number of rotatable bonds is 3. The van der Waals surface area contributed by atoms with Crippen molar-refractivity contribution in [1.29, 1.82) is 0 Å². The fourth-order valence-electron chi connectivity index (χ4n) is 4.45. The van der Waals surface area contributed by atoms with Gasteiger partial charge in [0.25, 0.3) is 0 Å². The van der Waals surface area contributed by atoms with Crippen LogP contribution in [0.25, 0.3) is 0 Å². The number of nitrogens with zero attached hydrogens (tertiary/aromatic N) is 1. The lowest BCUT2D eigenvalue weighted by Gasteiger charge is -2.44. The van der Waals surface area contributed by atoms with Gasteiger partial charge in [0.05, 0.1) is 28.3 Å². The molecule has 0 radical (unpaired) electrons. The van der Waals surface area contributed by atoms with E-state index >= 15 is 0 Å². The summed E-state index contributed by atoms with van der Waals surface area (Å²) in [6.45, 7) is 8.81. The van der Waals surface area contributed by atoms with Crippen molar-refractivity contribution in [1.82, 2.24) is 0 Å². The maximum absolute atomic E-state index is 11.6. The Labute approximate surface area is 178 Å². The molecule has 0 saturated heterocycles. The van der Waals surface area contributed by atoms with Gasteiger partial charge in [0, 0.05) is 22.3 Å². The van der Waals surface area contributed by atoms with Gasteiger partial charge in [-0.15, -0.1) is 0 Å². The van der Waals surface area contributed by atoms with Crippen LogP contribution in [0.4, 0.5) is 17.1 Å². The van der Waals surface area contributed by atoms with Crippen molar-refractivity contribution in [3.8, 4) is 0 Å². The Morgan fingerprint density at radius 2 is 1.17 bits per heavy atom. The van der Waals surface area contributed by atoms with Gasteiger partial charge in [-0.3, -0.25) is 0 Å². The molecular formula is C26H29NO3. The number of benzene rings is 3. The number of para-hydroxylation sites is 3. The molecule has 3 N–H and O–H groups in total. The fourth-order valence-corrected chi connectivity index (χ4v) is 4.45. The van der Waals surface area contributed by atoms with Crippen molar-refractivity contribution < 1.29 is 15.3 Å². The van der Waals surface area contributed by atoms with Gasteiger partial charge in [-0.25, -0.2) is 0 Å². The van der Waals surface area contributed by atoms with Gasteiger partial charge in [-0.05, 0) is 46.8 Å². The Hall–Kier alpha value is -2.66. The number of hydrogen-bond acceptors (Lipinski definition) is 4. The molecule has 4 heteroatoms. The first-order valence-corrected chi connectivity index (χ1v) is 10.2. The largest absolute Gasteiger partial charge is 0.386 e. The molecule has 0 saturated carbocycles. The minimum atomic E-state index is -1.23. The third-order valence-corrected chi connectivity index (χ3v) is 5.92. The van der Waals surface area contributed by atoms with E-state index in [1.165, 1.54) is 0 Å². The molecule has 0 spiro atoms. The van der Waals surface area contributed by atoms with Crippen molar-refractivity contribution >= 4 is 17.1 Å². The van der Waals surface area contributed by atoms with Crippen LogP contribution in [-0.4, -0.2) is 15.3 Å². The minimum Gasteiger partial charge on any atom is -0.386 e. The average molecular weight is 404 g/mol. The van der Waals surface area contributed by atoms with E-state index in [4.69, 9.17) is 0 Å². The topological polar surface area (TPSA) is 63.9 Å². The SMILES string of the molecule is CC(C)(O)c1ccccc1N1c2ccccc2C(C)(O)c2cccc(C(C)(C)O)c21. The van der Waals surface area contributed by atoms with E-state index in [-0.39, 0.29) is 0 Å². The highest BCUT2D eigenvalue weighted by atomic mass is 16.3. The zero-order valence-corrected chi connectivity index (χ0v) is 18.1. The third kappa shape index (κ3) is 3.12. The minimum absolute atomic E-state index is 0.709. The summed E-state index contributed by atoms with van der Waals surface area (Å²) >= 11 is 0. The molecule has 156 valence electrons. The third-order valence-electron chi connectivity index (χ3n) is 5.92. The van der Waals surface area contributed by atoms with Crippen LogP contribution in [0.1, 0.15) is 56.9 Å². The molecule has 4 nitrogen and oxygen atoms in total. The summed E-state index contributed by atoms with van der Waals surface area (Å²) in [5.74, 6) is 0. The van der Waals surface area contributed by atoms with E-state index in [2.05, 4.69) is 4.90 Å². The average Bonchev–Trinajstić information content (AvgIpc) is 2.67. The van der Waals surface area contributed by atoms with Crippen molar-refractivity contribution in [3.63, 3.8) is 0 Å². The summed E-state index contributed by atoms with van der Waals surface area (Å²) in [5, 5.41) is 33.5. The lowest BCUT2D eigenvalue weighted by molar-refractivity contribution is 0.0770. The van der Waals surface area contributed by atoms with Crippen molar-refractivity contribution in [2.45, 2.75) is 51.4 Å². The van der Waals surface area contributed by atoms with Gasteiger partial charge < -0.3 is 20.2 Å². The van der Waals surface area contributed by atoms with E-state index in [9.17, 15) is 15.3 Å². The van der Waals surface area contributed by atoms with Crippen LogP contribution in [0.5, 0.6) is 0 Å². The van der Waals surface area contributed by atoms with Gasteiger partial charge in [0.2, 0.25) is 0 Å². The maximum atomic E-state index is 11.6. The smallest absolute Gasteiger partial charge is 0.116 e. The van der Waals surface area contributed by atoms with Crippen LogP contribution < -0.4 is 4.90 Å². The Morgan fingerprint density at radius 3 is 1.80 bits per heavy atom. The standard InChI is InChI=1S/C26H29NO3/c1-24(2,28)17-11-6-8-15-21(17)27-22-16-9-7-12-18(22)26(5,30)20-14-10-13-19(23(20)27)25(3,4)29/h6-16,28-30H,1-5H3. The Morgan fingerprint density at radius 1 is 0.667 bits per heavy atom. The monoisotopic (exact) mass is 403 g/mol. The molecule has 0 fully saturated rings. The van der Waals surface area contributed by atoms with E-state index in [0.717, 1.165) is 28.2 Å². The Bertz CT molecular complexity index is 1100. The molecular weight excluding hydrogens is 374 g/mol. The zero-order valence-electron chi connectivity index (χ0n) is 18.1. The number of anilines is 3. The zero-order chi connectivity index (χ0) is 21.9. The molecule has 3 aromatic rings. The predicted molar refractivity (Wildman–Crippen MR) is 120 cm³/mol. The highest BCUT2D eigenvalue weighted by molar-refractivity contribution is 5.88. The molecule has 0 amide bonds. The molecule has 3 aromatic carbocycles. The molecule has 0 aliphatic carbocycles. The summed E-state index contributed by atoms with van der Waals surface area (Å²) in [5.41, 5.74) is 1.90. The Balaban J connectivity index is 2.15. The number of fused-ring (bicyclic) bond motifs is 2. The molecule has 1 heterocycles. The van der Waals surface area contributed by atoms with Crippen LogP contribution in [0, 0.1) is 0 Å². The first-order chi connectivity index (χ1) is 13.9. The highest BCUT2D eigenvalue weighted by Crippen LogP contribution is 2.54. The quantitative estimate of drug-likeness (QED) is 0.564. The first-order valence-electron chi connectivity index (χ1n) is 10.2. The molecule has 1 aliphatic heterocycles. The molecule has 4 rings (SSSR count). The van der Waals surface area contributed by atoms with Crippen molar-refractivity contribution in [2.75, 3.05) is 4.90 Å². The molecule has 0 aromatic heterocycles. The van der Waals surface area contributed by atoms with E-state index in [1.807, 2.05) is 66.7 Å². The van der Waals surface area contributed by atoms with Crippen LogP contribution in [-0.2, 0) is 16.8 Å².